The van der Waals surface area contributed by atoms with Crippen LogP contribution in [0.3, 0.4) is 0 Å². The Morgan fingerprint density at radius 3 is 2.55 bits per heavy atom. The van der Waals surface area contributed by atoms with Gasteiger partial charge in [0.1, 0.15) is 0 Å². The van der Waals surface area contributed by atoms with Crippen molar-refractivity contribution in [1.82, 2.24) is 10.4 Å². The summed E-state index contributed by atoms with van der Waals surface area (Å²) in [6.45, 7) is 0. The van der Waals surface area contributed by atoms with E-state index in [9.17, 15) is 14.9 Å². The molecule has 0 fully saturated rings. The van der Waals surface area contributed by atoms with Gasteiger partial charge in [0.15, 0.2) is 0 Å². The van der Waals surface area contributed by atoms with Gasteiger partial charge in [-0.3, -0.25) is 14.9 Å². The lowest BCUT2D eigenvalue weighted by Gasteiger charge is -2.09. The van der Waals surface area contributed by atoms with Gasteiger partial charge in [0.2, 0.25) is 0 Å². The van der Waals surface area contributed by atoms with E-state index in [-0.39, 0.29) is 5.69 Å². The molecule has 0 aliphatic heterocycles. The molecule has 0 atom stereocenters. The van der Waals surface area contributed by atoms with Crippen molar-refractivity contribution in [2.45, 2.75) is 0 Å². The summed E-state index contributed by atoms with van der Waals surface area (Å²) in [6, 6.07) is 22.6. The smallest absolute Gasteiger partial charge is 0.267 e. The van der Waals surface area contributed by atoms with Gasteiger partial charge in [0.05, 0.1) is 27.3 Å². The lowest BCUT2D eigenvalue weighted by atomic mass is 10.0. The van der Waals surface area contributed by atoms with Crippen LogP contribution in [0.15, 0.2) is 90.0 Å². The predicted molar refractivity (Wildman–Crippen MR) is 130 cm³/mol. The fourth-order valence-electron chi connectivity index (χ4n) is 3.27. The summed E-state index contributed by atoms with van der Waals surface area (Å²) in [5.41, 5.74) is 5.49. The molecule has 162 valence electrons. The van der Waals surface area contributed by atoms with Crippen molar-refractivity contribution in [3.8, 4) is 11.3 Å². The Hall–Kier alpha value is -4.36. The summed E-state index contributed by atoms with van der Waals surface area (Å²) in [5.74, 6) is -0.404. The zero-order chi connectivity index (χ0) is 23.2. The molecular formula is C25H17ClN4O3. The maximum atomic E-state index is 12.9. The number of nitrogens with zero attached hydrogens (tertiary/aromatic N) is 3. The second kappa shape index (κ2) is 9.84. The van der Waals surface area contributed by atoms with E-state index in [0.717, 1.165) is 5.56 Å². The Kier molecular flexibility index (Phi) is 6.52. The molecule has 1 heterocycles. The van der Waals surface area contributed by atoms with E-state index in [0.29, 0.717) is 32.7 Å². The maximum absolute atomic E-state index is 12.9. The van der Waals surface area contributed by atoms with Crippen LogP contribution < -0.4 is 5.43 Å². The van der Waals surface area contributed by atoms with Crippen molar-refractivity contribution in [3.63, 3.8) is 0 Å². The number of pyridine rings is 1. The highest BCUT2D eigenvalue weighted by Crippen LogP contribution is 2.26. The molecule has 33 heavy (non-hydrogen) atoms. The van der Waals surface area contributed by atoms with Crippen LogP contribution in [0.2, 0.25) is 5.02 Å². The molecule has 3 aromatic carbocycles. The van der Waals surface area contributed by atoms with Gasteiger partial charge in [-0.05, 0) is 42.5 Å². The van der Waals surface area contributed by atoms with Gasteiger partial charge in [0.25, 0.3) is 11.6 Å². The number of benzene rings is 3. The Morgan fingerprint density at radius 1 is 1.03 bits per heavy atom. The average molecular weight is 457 g/mol. The number of nitro groups is 1. The Bertz CT molecular complexity index is 1400. The summed E-state index contributed by atoms with van der Waals surface area (Å²) < 4.78 is 0. The van der Waals surface area contributed by atoms with Crippen LogP contribution in [0.1, 0.15) is 15.9 Å². The molecule has 0 bridgehead atoms. The third-order valence-corrected chi connectivity index (χ3v) is 5.09. The fraction of sp³-hybridized carbons (Fsp3) is 0. The molecule has 0 saturated carbocycles. The van der Waals surface area contributed by atoms with Crippen LogP contribution in [0.25, 0.3) is 28.2 Å². The molecule has 0 aliphatic carbocycles. The van der Waals surface area contributed by atoms with Gasteiger partial charge >= 0.3 is 0 Å². The molecule has 1 amide bonds. The van der Waals surface area contributed by atoms with Crippen molar-refractivity contribution >= 4 is 46.4 Å². The summed E-state index contributed by atoms with van der Waals surface area (Å²) >= 11 is 5.98. The van der Waals surface area contributed by atoms with Gasteiger partial charge in [-0.1, -0.05) is 54.1 Å². The van der Waals surface area contributed by atoms with Crippen LogP contribution in [0.5, 0.6) is 0 Å². The molecule has 1 N–H and O–H groups in total. The topological polar surface area (TPSA) is 97.5 Å². The highest BCUT2D eigenvalue weighted by atomic mass is 35.5. The molecule has 1 aromatic heterocycles. The third-order valence-electron chi connectivity index (χ3n) is 4.84. The molecule has 4 aromatic rings. The number of carbonyl (C=O) groups excluding carboxylic acids is 1. The molecule has 4 rings (SSSR count). The lowest BCUT2D eigenvalue weighted by molar-refractivity contribution is -0.385. The average Bonchev–Trinajstić information content (AvgIpc) is 2.83. The Labute approximate surface area is 194 Å². The minimum atomic E-state index is -0.453. The number of hydrogen-bond donors (Lipinski definition) is 1. The largest absolute Gasteiger partial charge is 0.276 e. The molecule has 0 aliphatic rings. The highest BCUT2D eigenvalue weighted by Gasteiger charge is 2.13. The van der Waals surface area contributed by atoms with E-state index < -0.39 is 10.8 Å². The van der Waals surface area contributed by atoms with Crippen LogP contribution in [0.4, 0.5) is 5.69 Å². The molecule has 8 heteroatoms. The molecule has 0 radical (unpaired) electrons. The number of para-hydroxylation sites is 2. The van der Waals surface area contributed by atoms with Crippen LogP contribution in [-0.4, -0.2) is 22.0 Å². The monoisotopic (exact) mass is 456 g/mol. The number of hydrogen-bond acceptors (Lipinski definition) is 5. The van der Waals surface area contributed by atoms with Crippen molar-refractivity contribution in [2.24, 2.45) is 5.10 Å². The minimum absolute atomic E-state index is 0.0100. The number of fused-ring (bicyclic) bond motifs is 1. The van der Waals surface area contributed by atoms with Crippen molar-refractivity contribution < 1.29 is 9.72 Å². The zero-order valence-electron chi connectivity index (χ0n) is 17.2. The minimum Gasteiger partial charge on any atom is -0.267 e. The summed E-state index contributed by atoms with van der Waals surface area (Å²) in [6.07, 6.45) is 4.43. The lowest BCUT2D eigenvalue weighted by Crippen LogP contribution is -2.18. The van der Waals surface area contributed by atoms with E-state index >= 15 is 0 Å². The molecule has 7 nitrogen and oxygen atoms in total. The van der Waals surface area contributed by atoms with Crippen molar-refractivity contribution in [1.29, 1.82) is 0 Å². The zero-order valence-corrected chi connectivity index (χ0v) is 17.9. The van der Waals surface area contributed by atoms with Gasteiger partial charge in [-0.25, -0.2) is 10.4 Å². The molecule has 0 unspecified atom stereocenters. The number of carbonyl (C=O) groups is 1. The first-order valence-electron chi connectivity index (χ1n) is 9.92. The first-order valence-corrected chi connectivity index (χ1v) is 10.3. The van der Waals surface area contributed by atoms with Crippen LogP contribution in [0, 0.1) is 10.1 Å². The molecule has 0 spiro atoms. The number of halogens is 1. The SMILES string of the molecule is O=C(NN=CC=Cc1ccccc1[N+](=O)[O-])c1cc(-c2ccc(Cl)cc2)nc2ccccc12. The normalized spacial score (nSPS) is 11.3. The number of nitro benzene ring substituents is 1. The standard InChI is InChI=1S/C25H17ClN4O3/c26-19-13-11-17(12-14-19)23-16-21(20-8-2-3-9-22(20)28-23)25(31)29-27-15-5-7-18-6-1-4-10-24(18)30(32)33/h1-16H,(H,29,31). The number of allylic oxidation sites excluding steroid dienone is 1. The van der Waals surface area contributed by atoms with Crippen LogP contribution in [-0.2, 0) is 0 Å². The van der Waals surface area contributed by atoms with E-state index in [4.69, 9.17) is 11.6 Å². The summed E-state index contributed by atoms with van der Waals surface area (Å²) in [5, 5.41) is 16.3. The van der Waals surface area contributed by atoms with Crippen LogP contribution >= 0.6 is 11.6 Å². The summed E-state index contributed by atoms with van der Waals surface area (Å²) in [7, 11) is 0. The molecular weight excluding hydrogens is 440 g/mol. The second-order valence-corrected chi connectivity index (χ2v) is 7.41. The predicted octanol–water partition coefficient (Wildman–Crippen LogP) is 5.89. The van der Waals surface area contributed by atoms with E-state index in [1.54, 1.807) is 42.5 Å². The van der Waals surface area contributed by atoms with E-state index in [1.165, 1.54) is 18.4 Å². The van der Waals surface area contributed by atoms with Gasteiger partial charge in [-0.15, -0.1) is 0 Å². The number of nitrogens with one attached hydrogen (secondary N) is 1. The van der Waals surface area contributed by atoms with Crippen molar-refractivity contribution in [3.05, 3.63) is 111 Å². The Balaban J connectivity index is 1.57. The van der Waals surface area contributed by atoms with Gasteiger partial charge in [-0.2, -0.15) is 5.10 Å². The fourth-order valence-corrected chi connectivity index (χ4v) is 3.40. The number of amides is 1. The maximum Gasteiger partial charge on any atom is 0.276 e. The first kappa shape index (κ1) is 21.9. The number of aromatic nitrogens is 1. The quantitative estimate of drug-likeness (QED) is 0.222. The third kappa shape index (κ3) is 5.11. The highest BCUT2D eigenvalue weighted by molar-refractivity contribution is 6.30. The first-order chi connectivity index (χ1) is 16.0. The summed E-state index contributed by atoms with van der Waals surface area (Å²) in [4.78, 5) is 28.2. The van der Waals surface area contributed by atoms with E-state index in [1.807, 2.05) is 36.4 Å². The molecule has 0 saturated heterocycles. The number of hydrazone groups is 1. The van der Waals surface area contributed by atoms with E-state index in [2.05, 4.69) is 15.5 Å². The Morgan fingerprint density at radius 2 is 1.76 bits per heavy atom. The van der Waals surface area contributed by atoms with Crippen molar-refractivity contribution in [2.75, 3.05) is 0 Å². The van der Waals surface area contributed by atoms with Gasteiger partial charge < -0.3 is 0 Å². The number of rotatable bonds is 6. The second-order valence-electron chi connectivity index (χ2n) is 6.97. The van der Waals surface area contributed by atoms with Gasteiger partial charge in [0, 0.05) is 28.3 Å².